The SMILES string of the molecule is CCC1CCC(C(NN)c2cnccc2C)C1. The van der Waals surface area contributed by atoms with Crippen molar-refractivity contribution in [3.8, 4) is 0 Å². The molecule has 1 fully saturated rings. The minimum atomic E-state index is 0.264. The fraction of sp³-hybridized carbons (Fsp3) is 0.643. The van der Waals surface area contributed by atoms with E-state index in [9.17, 15) is 0 Å². The number of hydrogen-bond donors (Lipinski definition) is 2. The van der Waals surface area contributed by atoms with Crippen molar-refractivity contribution < 1.29 is 0 Å². The maximum Gasteiger partial charge on any atom is 0.0506 e. The van der Waals surface area contributed by atoms with E-state index in [1.54, 1.807) is 0 Å². The molecule has 2 rings (SSSR count). The van der Waals surface area contributed by atoms with Crippen molar-refractivity contribution in [2.45, 2.75) is 45.6 Å². The predicted molar refractivity (Wildman–Crippen MR) is 70.2 cm³/mol. The van der Waals surface area contributed by atoms with E-state index in [4.69, 9.17) is 5.84 Å². The Morgan fingerprint density at radius 2 is 2.35 bits per heavy atom. The van der Waals surface area contributed by atoms with Crippen LogP contribution in [0.5, 0.6) is 0 Å². The number of nitrogens with zero attached hydrogens (tertiary/aromatic N) is 1. The Hall–Kier alpha value is -0.930. The van der Waals surface area contributed by atoms with Gasteiger partial charge < -0.3 is 0 Å². The molecule has 1 aliphatic rings. The molecule has 3 nitrogen and oxygen atoms in total. The zero-order valence-corrected chi connectivity index (χ0v) is 10.8. The van der Waals surface area contributed by atoms with Crippen LogP contribution >= 0.6 is 0 Å². The Kier molecular flexibility index (Phi) is 4.13. The van der Waals surface area contributed by atoms with Crippen molar-refractivity contribution >= 4 is 0 Å². The van der Waals surface area contributed by atoms with Gasteiger partial charge in [-0.2, -0.15) is 0 Å². The summed E-state index contributed by atoms with van der Waals surface area (Å²) in [6.45, 7) is 4.42. The molecule has 0 spiro atoms. The van der Waals surface area contributed by atoms with Gasteiger partial charge in [0, 0.05) is 12.4 Å². The van der Waals surface area contributed by atoms with Crippen molar-refractivity contribution in [1.82, 2.24) is 10.4 Å². The first kappa shape index (κ1) is 12.5. The summed E-state index contributed by atoms with van der Waals surface area (Å²) < 4.78 is 0. The van der Waals surface area contributed by atoms with E-state index >= 15 is 0 Å². The molecular weight excluding hydrogens is 210 g/mol. The summed E-state index contributed by atoms with van der Waals surface area (Å²) >= 11 is 0. The second kappa shape index (κ2) is 5.61. The lowest BCUT2D eigenvalue weighted by Crippen LogP contribution is -2.33. The molecule has 94 valence electrons. The average molecular weight is 233 g/mol. The second-order valence-corrected chi connectivity index (χ2v) is 5.22. The van der Waals surface area contributed by atoms with Gasteiger partial charge >= 0.3 is 0 Å². The van der Waals surface area contributed by atoms with Crippen molar-refractivity contribution in [3.63, 3.8) is 0 Å². The minimum Gasteiger partial charge on any atom is -0.271 e. The third-order valence-electron chi connectivity index (χ3n) is 4.22. The van der Waals surface area contributed by atoms with Gasteiger partial charge in [-0.1, -0.05) is 19.8 Å². The van der Waals surface area contributed by atoms with Gasteiger partial charge in [-0.3, -0.25) is 16.3 Å². The van der Waals surface area contributed by atoms with Crippen LogP contribution in [-0.2, 0) is 0 Å². The number of aryl methyl sites for hydroxylation is 1. The lowest BCUT2D eigenvalue weighted by Gasteiger charge is -2.24. The summed E-state index contributed by atoms with van der Waals surface area (Å²) in [5.41, 5.74) is 5.55. The lowest BCUT2D eigenvalue weighted by molar-refractivity contribution is 0.356. The Balaban J connectivity index is 2.15. The van der Waals surface area contributed by atoms with Crippen LogP contribution < -0.4 is 11.3 Å². The summed E-state index contributed by atoms with van der Waals surface area (Å²) in [6, 6.07) is 2.33. The maximum absolute atomic E-state index is 5.76. The van der Waals surface area contributed by atoms with Gasteiger partial charge in [0.1, 0.15) is 0 Å². The Morgan fingerprint density at radius 3 is 2.94 bits per heavy atom. The van der Waals surface area contributed by atoms with Gasteiger partial charge in [0.05, 0.1) is 6.04 Å². The van der Waals surface area contributed by atoms with Crippen molar-refractivity contribution in [1.29, 1.82) is 0 Å². The van der Waals surface area contributed by atoms with Crippen LogP contribution in [0.15, 0.2) is 18.5 Å². The van der Waals surface area contributed by atoms with E-state index in [-0.39, 0.29) is 6.04 Å². The highest BCUT2D eigenvalue weighted by Gasteiger charge is 2.31. The van der Waals surface area contributed by atoms with Crippen LogP contribution in [0.4, 0.5) is 0 Å². The topological polar surface area (TPSA) is 50.9 Å². The summed E-state index contributed by atoms with van der Waals surface area (Å²) in [5.74, 6) is 7.30. The Bertz CT molecular complexity index is 364. The standard InChI is InChI=1S/C14H23N3/c1-3-11-4-5-12(8-11)14(17-15)13-9-16-7-6-10(13)2/h6-7,9,11-12,14,17H,3-5,8,15H2,1-2H3. The first-order chi connectivity index (χ1) is 8.26. The van der Waals surface area contributed by atoms with Gasteiger partial charge in [-0.05, 0) is 48.8 Å². The summed E-state index contributed by atoms with van der Waals surface area (Å²) in [7, 11) is 0. The number of nitrogens with one attached hydrogen (secondary N) is 1. The van der Waals surface area contributed by atoms with Crippen molar-refractivity contribution in [2.24, 2.45) is 17.7 Å². The highest BCUT2D eigenvalue weighted by molar-refractivity contribution is 5.25. The first-order valence-electron chi connectivity index (χ1n) is 6.62. The molecule has 1 aromatic heterocycles. The van der Waals surface area contributed by atoms with E-state index < -0.39 is 0 Å². The van der Waals surface area contributed by atoms with Crippen LogP contribution in [0.3, 0.4) is 0 Å². The molecule has 0 radical (unpaired) electrons. The smallest absolute Gasteiger partial charge is 0.0506 e. The number of rotatable bonds is 4. The fourth-order valence-corrected chi connectivity index (χ4v) is 3.07. The quantitative estimate of drug-likeness (QED) is 0.621. The van der Waals surface area contributed by atoms with Crippen LogP contribution in [0.25, 0.3) is 0 Å². The molecule has 0 aliphatic heterocycles. The van der Waals surface area contributed by atoms with Gasteiger partial charge in [0.15, 0.2) is 0 Å². The summed E-state index contributed by atoms with van der Waals surface area (Å²) in [4.78, 5) is 4.23. The monoisotopic (exact) mass is 233 g/mol. The van der Waals surface area contributed by atoms with Crippen LogP contribution in [0, 0.1) is 18.8 Å². The predicted octanol–water partition coefficient (Wildman–Crippen LogP) is 2.72. The molecule has 0 amide bonds. The summed E-state index contributed by atoms with van der Waals surface area (Å²) in [5, 5.41) is 0. The molecule has 0 bridgehead atoms. The first-order valence-corrected chi connectivity index (χ1v) is 6.62. The van der Waals surface area contributed by atoms with Crippen LogP contribution in [0.1, 0.15) is 49.8 Å². The van der Waals surface area contributed by atoms with Gasteiger partial charge in [0.25, 0.3) is 0 Å². The molecular formula is C14H23N3. The third-order valence-corrected chi connectivity index (χ3v) is 4.22. The van der Waals surface area contributed by atoms with Gasteiger partial charge in [-0.25, -0.2) is 0 Å². The van der Waals surface area contributed by atoms with E-state index in [0.717, 1.165) is 5.92 Å². The van der Waals surface area contributed by atoms with Gasteiger partial charge in [0.2, 0.25) is 0 Å². The zero-order chi connectivity index (χ0) is 12.3. The second-order valence-electron chi connectivity index (χ2n) is 5.22. The molecule has 1 aliphatic carbocycles. The molecule has 3 atom stereocenters. The molecule has 0 aromatic carbocycles. The highest BCUT2D eigenvalue weighted by atomic mass is 15.2. The van der Waals surface area contributed by atoms with E-state index in [1.165, 1.54) is 36.8 Å². The average Bonchev–Trinajstić information content (AvgIpc) is 2.81. The number of hydrazine groups is 1. The molecule has 1 saturated carbocycles. The summed E-state index contributed by atoms with van der Waals surface area (Å²) in [6.07, 6.45) is 9.01. The number of pyridine rings is 1. The van der Waals surface area contributed by atoms with E-state index in [1.807, 2.05) is 12.4 Å². The molecule has 3 N–H and O–H groups in total. The molecule has 17 heavy (non-hydrogen) atoms. The maximum atomic E-state index is 5.76. The highest BCUT2D eigenvalue weighted by Crippen LogP contribution is 2.40. The van der Waals surface area contributed by atoms with Crippen molar-refractivity contribution in [2.75, 3.05) is 0 Å². The number of nitrogens with two attached hydrogens (primary N) is 1. The van der Waals surface area contributed by atoms with E-state index in [2.05, 4.69) is 30.3 Å². The van der Waals surface area contributed by atoms with Gasteiger partial charge in [-0.15, -0.1) is 0 Å². The minimum absolute atomic E-state index is 0.264. The Labute approximate surface area is 104 Å². The van der Waals surface area contributed by atoms with Crippen molar-refractivity contribution in [3.05, 3.63) is 29.6 Å². The van der Waals surface area contributed by atoms with E-state index in [0.29, 0.717) is 5.92 Å². The van der Waals surface area contributed by atoms with Crippen LogP contribution in [0.2, 0.25) is 0 Å². The fourth-order valence-electron chi connectivity index (χ4n) is 3.07. The largest absolute Gasteiger partial charge is 0.271 e. The molecule has 1 heterocycles. The molecule has 1 aromatic rings. The molecule has 3 heteroatoms. The third kappa shape index (κ3) is 2.67. The van der Waals surface area contributed by atoms with Crippen LogP contribution in [-0.4, -0.2) is 4.98 Å². The molecule has 0 saturated heterocycles. The Morgan fingerprint density at radius 1 is 1.53 bits per heavy atom. The molecule has 3 unspecified atom stereocenters. The zero-order valence-electron chi connectivity index (χ0n) is 10.8. The lowest BCUT2D eigenvalue weighted by atomic mass is 9.90. The number of aromatic nitrogens is 1. The normalized spacial score (nSPS) is 26.1. The number of hydrogen-bond acceptors (Lipinski definition) is 3.